The summed E-state index contributed by atoms with van der Waals surface area (Å²) in [4.78, 5) is 10.6. The Balaban J connectivity index is 2.92. The molecule has 0 saturated heterocycles. The van der Waals surface area contributed by atoms with Crippen LogP contribution in [-0.2, 0) is 9.08 Å². The maximum atomic E-state index is 10.6. The van der Waals surface area contributed by atoms with Gasteiger partial charge in [-0.25, -0.2) is 0 Å². The van der Waals surface area contributed by atoms with Crippen LogP contribution >= 0.6 is 11.9 Å². The van der Waals surface area contributed by atoms with Gasteiger partial charge in [0.15, 0.2) is 0 Å². The van der Waals surface area contributed by atoms with E-state index in [1.54, 1.807) is 0 Å². The number of phenolic OH excluding ortho intramolecular Hbond substituents is 1. The van der Waals surface area contributed by atoms with E-state index in [0.29, 0.717) is 5.56 Å². The van der Waals surface area contributed by atoms with E-state index in [-0.39, 0.29) is 5.75 Å². The van der Waals surface area contributed by atoms with E-state index in [1.807, 2.05) is 0 Å². The van der Waals surface area contributed by atoms with Crippen molar-refractivity contribution in [3.8, 4) is 5.75 Å². The van der Waals surface area contributed by atoms with E-state index in [4.69, 9.17) is 27.8 Å². The standard InChI is InChI=1S/C9H10ClNO4/c10-15-8(7(11)9(13)14)5-1-3-6(12)4-2-5/h1-4,7-8,12H,11H2,(H,13,14)/t7-,8?/m0/s1. The molecule has 6 heteroatoms. The number of carboxylic acid groups (broad SMARTS) is 1. The van der Waals surface area contributed by atoms with Gasteiger partial charge in [-0.15, -0.1) is 0 Å². The maximum Gasteiger partial charge on any atom is 0.323 e. The van der Waals surface area contributed by atoms with Crippen molar-refractivity contribution in [2.75, 3.05) is 0 Å². The van der Waals surface area contributed by atoms with Crippen molar-refractivity contribution in [1.29, 1.82) is 0 Å². The lowest BCUT2D eigenvalue weighted by Crippen LogP contribution is -2.36. The van der Waals surface area contributed by atoms with Crippen LogP contribution in [0.3, 0.4) is 0 Å². The number of rotatable bonds is 4. The Labute approximate surface area is 91.2 Å². The summed E-state index contributed by atoms with van der Waals surface area (Å²) in [5.41, 5.74) is 5.85. The lowest BCUT2D eigenvalue weighted by Gasteiger charge is -2.17. The molecule has 0 fully saturated rings. The average Bonchev–Trinajstić information content (AvgIpc) is 2.21. The minimum atomic E-state index is -1.26. The summed E-state index contributed by atoms with van der Waals surface area (Å²) in [6.07, 6.45) is -0.954. The number of aromatic hydroxyl groups is 1. The van der Waals surface area contributed by atoms with Gasteiger partial charge >= 0.3 is 5.97 Å². The van der Waals surface area contributed by atoms with E-state index in [1.165, 1.54) is 24.3 Å². The molecule has 4 N–H and O–H groups in total. The van der Waals surface area contributed by atoms with Gasteiger partial charge in [-0.05, 0) is 17.7 Å². The second kappa shape index (κ2) is 4.97. The third-order valence-corrected chi connectivity index (χ3v) is 2.12. The van der Waals surface area contributed by atoms with Gasteiger partial charge in [0.1, 0.15) is 17.9 Å². The first kappa shape index (κ1) is 11.8. The number of carboxylic acids is 1. The minimum absolute atomic E-state index is 0.0657. The number of hydrogen-bond acceptors (Lipinski definition) is 4. The number of benzene rings is 1. The Kier molecular flexibility index (Phi) is 3.90. The first-order valence-corrected chi connectivity index (χ1v) is 4.42. The molecule has 15 heavy (non-hydrogen) atoms. The zero-order valence-corrected chi connectivity index (χ0v) is 8.39. The van der Waals surface area contributed by atoms with Crippen LogP contribution in [0.1, 0.15) is 11.7 Å². The fraction of sp³-hybridized carbons (Fsp3) is 0.222. The van der Waals surface area contributed by atoms with Crippen LogP contribution in [0.5, 0.6) is 5.75 Å². The van der Waals surface area contributed by atoms with Gasteiger partial charge in [-0.1, -0.05) is 12.1 Å². The molecule has 1 unspecified atom stereocenters. The molecule has 0 bridgehead atoms. The molecule has 82 valence electrons. The Bertz CT molecular complexity index is 340. The molecular formula is C9H10ClNO4. The van der Waals surface area contributed by atoms with E-state index in [9.17, 15) is 4.79 Å². The molecule has 0 saturated carbocycles. The van der Waals surface area contributed by atoms with E-state index in [2.05, 4.69) is 4.29 Å². The minimum Gasteiger partial charge on any atom is -0.508 e. The molecule has 0 aliphatic rings. The van der Waals surface area contributed by atoms with Gasteiger partial charge in [0.2, 0.25) is 0 Å². The highest BCUT2D eigenvalue weighted by atomic mass is 35.5. The van der Waals surface area contributed by atoms with Crippen LogP contribution in [0.2, 0.25) is 0 Å². The van der Waals surface area contributed by atoms with E-state index in [0.717, 1.165) is 0 Å². The summed E-state index contributed by atoms with van der Waals surface area (Å²) < 4.78 is 4.48. The molecule has 1 aromatic rings. The van der Waals surface area contributed by atoms with Gasteiger partial charge < -0.3 is 15.9 Å². The Morgan fingerprint density at radius 1 is 1.40 bits per heavy atom. The van der Waals surface area contributed by atoms with Crippen LogP contribution < -0.4 is 5.73 Å². The third-order valence-electron chi connectivity index (χ3n) is 1.93. The van der Waals surface area contributed by atoms with Gasteiger partial charge in [0.05, 0.1) is 11.9 Å². The largest absolute Gasteiger partial charge is 0.508 e. The Morgan fingerprint density at radius 3 is 2.33 bits per heavy atom. The van der Waals surface area contributed by atoms with Crippen molar-refractivity contribution in [3.05, 3.63) is 29.8 Å². The van der Waals surface area contributed by atoms with Crippen molar-refractivity contribution in [2.45, 2.75) is 12.1 Å². The van der Waals surface area contributed by atoms with Crippen LogP contribution in [-0.4, -0.2) is 22.2 Å². The lowest BCUT2D eigenvalue weighted by atomic mass is 10.0. The van der Waals surface area contributed by atoms with Gasteiger partial charge in [-0.2, -0.15) is 0 Å². The Morgan fingerprint density at radius 2 is 1.93 bits per heavy atom. The average molecular weight is 232 g/mol. The highest BCUT2D eigenvalue weighted by molar-refractivity contribution is 6.07. The van der Waals surface area contributed by atoms with Crippen molar-refractivity contribution < 1.29 is 19.3 Å². The molecule has 1 aromatic carbocycles. The fourth-order valence-electron chi connectivity index (χ4n) is 1.11. The second-order valence-corrected chi connectivity index (χ2v) is 3.14. The van der Waals surface area contributed by atoms with Crippen molar-refractivity contribution >= 4 is 17.8 Å². The fourth-order valence-corrected chi connectivity index (χ4v) is 1.32. The highest BCUT2D eigenvalue weighted by Gasteiger charge is 2.26. The van der Waals surface area contributed by atoms with Crippen LogP contribution in [0.25, 0.3) is 0 Å². The van der Waals surface area contributed by atoms with Crippen molar-refractivity contribution in [1.82, 2.24) is 0 Å². The molecule has 2 atom stereocenters. The van der Waals surface area contributed by atoms with Gasteiger partial charge in [0, 0.05) is 0 Å². The second-order valence-electron chi connectivity index (χ2n) is 2.97. The van der Waals surface area contributed by atoms with Crippen molar-refractivity contribution in [3.63, 3.8) is 0 Å². The number of aliphatic carboxylic acids is 1. The molecule has 0 aliphatic heterocycles. The predicted molar refractivity (Wildman–Crippen MR) is 53.4 cm³/mol. The number of phenols is 1. The Hall–Kier alpha value is -1.30. The van der Waals surface area contributed by atoms with Gasteiger partial charge in [-0.3, -0.25) is 9.08 Å². The molecule has 1 rings (SSSR count). The number of carbonyl (C=O) groups is 1. The first-order valence-electron chi connectivity index (χ1n) is 4.11. The molecule has 5 nitrogen and oxygen atoms in total. The summed E-state index contributed by atoms with van der Waals surface area (Å²) in [7, 11) is 0. The normalized spacial score (nSPS) is 14.5. The first-order chi connectivity index (χ1) is 7.06. The predicted octanol–water partition coefficient (Wildman–Crippen LogP) is 1.02. The maximum absolute atomic E-state index is 10.6. The van der Waals surface area contributed by atoms with Crippen LogP contribution in [0.4, 0.5) is 0 Å². The zero-order chi connectivity index (χ0) is 11.4. The SMILES string of the molecule is N[C@H](C(=O)O)C(OCl)c1ccc(O)cc1. The lowest BCUT2D eigenvalue weighted by molar-refractivity contribution is -0.140. The molecule has 0 aromatic heterocycles. The number of nitrogens with two attached hydrogens (primary N) is 1. The molecular weight excluding hydrogens is 222 g/mol. The molecule has 0 radical (unpaired) electrons. The zero-order valence-electron chi connectivity index (χ0n) is 7.63. The summed E-state index contributed by atoms with van der Waals surface area (Å²) in [5.74, 6) is -1.15. The quantitative estimate of drug-likeness (QED) is 0.719. The monoisotopic (exact) mass is 231 g/mol. The van der Waals surface area contributed by atoms with Gasteiger partial charge in [0.25, 0.3) is 0 Å². The summed E-state index contributed by atoms with van der Waals surface area (Å²) in [5, 5.41) is 17.7. The summed E-state index contributed by atoms with van der Waals surface area (Å²) >= 11 is 5.17. The van der Waals surface area contributed by atoms with E-state index >= 15 is 0 Å². The molecule has 0 aliphatic carbocycles. The van der Waals surface area contributed by atoms with Crippen LogP contribution in [0, 0.1) is 0 Å². The summed E-state index contributed by atoms with van der Waals surface area (Å²) in [6, 6.07) is 4.52. The van der Waals surface area contributed by atoms with E-state index < -0.39 is 18.1 Å². The smallest absolute Gasteiger partial charge is 0.323 e. The van der Waals surface area contributed by atoms with Crippen molar-refractivity contribution in [2.24, 2.45) is 5.73 Å². The molecule has 0 amide bonds. The highest BCUT2D eigenvalue weighted by Crippen LogP contribution is 2.23. The van der Waals surface area contributed by atoms with Crippen LogP contribution in [0.15, 0.2) is 24.3 Å². The number of halogens is 1. The molecule has 0 heterocycles. The third kappa shape index (κ3) is 2.82. The summed E-state index contributed by atoms with van der Waals surface area (Å²) in [6.45, 7) is 0. The number of hydrogen-bond donors (Lipinski definition) is 3. The molecule has 0 spiro atoms. The topological polar surface area (TPSA) is 92.8 Å².